The molecule has 1 fully saturated rings. The van der Waals surface area contributed by atoms with Crippen LogP contribution in [0.25, 0.3) is 0 Å². The number of phenolic OH excluding ortho intramolecular Hbond substituents is 1. The van der Waals surface area contributed by atoms with Crippen molar-refractivity contribution in [1.82, 2.24) is 4.90 Å². The van der Waals surface area contributed by atoms with Gasteiger partial charge in [0.1, 0.15) is 11.5 Å². The summed E-state index contributed by atoms with van der Waals surface area (Å²) in [5.41, 5.74) is 0.664. The monoisotopic (exact) mass is 277 g/mol. The molecule has 0 spiro atoms. The number of ether oxygens (including phenoxy) is 1. The van der Waals surface area contributed by atoms with Crippen molar-refractivity contribution < 1.29 is 14.6 Å². The van der Waals surface area contributed by atoms with E-state index < -0.39 is 0 Å². The smallest absolute Gasteiger partial charge is 0.257 e. The summed E-state index contributed by atoms with van der Waals surface area (Å²) in [6.07, 6.45) is 3.17. The molecule has 0 saturated carbocycles. The number of carbonyl (C=O) groups is 1. The highest BCUT2D eigenvalue weighted by molar-refractivity contribution is 5.97. The summed E-state index contributed by atoms with van der Waals surface area (Å²) >= 11 is 0. The highest BCUT2D eigenvalue weighted by Gasteiger charge is 2.31. The lowest BCUT2D eigenvalue weighted by atomic mass is 9.78. The maximum absolute atomic E-state index is 12.5. The van der Waals surface area contributed by atoms with Crippen LogP contribution in [0.2, 0.25) is 0 Å². The van der Waals surface area contributed by atoms with Crippen molar-refractivity contribution in [3.05, 3.63) is 23.8 Å². The standard InChI is InChI=1S/C16H23NO3/c1-4-16(2)7-9-17(10-8-16)15(19)13-11-12(20-3)5-6-14(13)18/h5-6,11,18H,4,7-10H2,1-3H3. The van der Waals surface area contributed by atoms with Crippen molar-refractivity contribution in [3.63, 3.8) is 0 Å². The molecule has 1 heterocycles. The predicted octanol–water partition coefficient (Wildman–Crippen LogP) is 3.05. The van der Waals surface area contributed by atoms with Crippen LogP contribution in [0.4, 0.5) is 0 Å². The minimum atomic E-state index is -0.112. The van der Waals surface area contributed by atoms with Crippen LogP contribution in [0.5, 0.6) is 11.5 Å². The Morgan fingerprint density at radius 3 is 2.60 bits per heavy atom. The molecule has 1 aliphatic heterocycles. The minimum Gasteiger partial charge on any atom is -0.507 e. The van der Waals surface area contributed by atoms with E-state index in [9.17, 15) is 9.90 Å². The highest BCUT2D eigenvalue weighted by Crippen LogP contribution is 2.35. The predicted molar refractivity (Wildman–Crippen MR) is 78.2 cm³/mol. The van der Waals surface area contributed by atoms with E-state index >= 15 is 0 Å². The van der Waals surface area contributed by atoms with Crippen LogP contribution in [0.15, 0.2) is 18.2 Å². The van der Waals surface area contributed by atoms with Gasteiger partial charge in [-0.1, -0.05) is 20.3 Å². The number of hydrogen-bond donors (Lipinski definition) is 1. The summed E-state index contributed by atoms with van der Waals surface area (Å²) in [5, 5.41) is 9.88. The summed E-state index contributed by atoms with van der Waals surface area (Å²) in [7, 11) is 1.55. The first-order chi connectivity index (χ1) is 9.49. The average Bonchev–Trinajstić information content (AvgIpc) is 2.48. The van der Waals surface area contributed by atoms with E-state index in [4.69, 9.17) is 4.74 Å². The fourth-order valence-electron chi connectivity index (χ4n) is 2.59. The number of rotatable bonds is 3. The van der Waals surface area contributed by atoms with E-state index in [1.54, 1.807) is 19.2 Å². The summed E-state index contributed by atoms with van der Waals surface area (Å²) in [5.74, 6) is 0.487. The minimum absolute atomic E-state index is 0.0135. The molecule has 1 saturated heterocycles. The van der Waals surface area contributed by atoms with E-state index in [0.29, 0.717) is 16.7 Å². The number of nitrogens with zero attached hydrogens (tertiary/aromatic N) is 1. The van der Waals surface area contributed by atoms with E-state index in [1.165, 1.54) is 6.07 Å². The molecular weight excluding hydrogens is 254 g/mol. The second-order valence-corrected chi connectivity index (χ2v) is 5.84. The first-order valence-electron chi connectivity index (χ1n) is 7.15. The van der Waals surface area contributed by atoms with Gasteiger partial charge in [-0.05, 0) is 36.5 Å². The molecule has 1 amide bonds. The maximum atomic E-state index is 12.5. The molecule has 0 unspecified atom stereocenters. The quantitative estimate of drug-likeness (QED) is 0.923. The van der Waals surface area contributed by atoms with E-state index in [1.807, 2.05) is 4.90 Å². The number of piperidine rings is 1. The fourth-order valence-corrected chi connectivity index (χ4v) is 2.59. The molecule has 1 aliphatic rings. The molecule has 0 aromatic heterocycles. The topological polar surface area (TPSA) is 49.8 Å². The average molecular weight is 277 g/mol. The Hall–Kier alpha value is -1.71. The molecule has 2 rings (SSSR count). The van der Waals surface area contributed by atoms with Gasteiger partial charge in [0.25, 0.3) is 5.91 Å². The van der Waals surface area contributed by atoms with Crippen LogP contribution in [0.3, 0.4) is 0 Å². The molecular formula is C16H23NO3. The lowest BCUT2D eigenvalue weighted by molar-refractivity contribution is 0.0597. The third-order valence-electron chi connectivity index (χ3n) is 4.55. The van der Waals surface area contributed by atoms with Gasteiger partial charge in [0.15, 0.2) is 0 Å². The summed E-state index contributed by atoms with van der Waals surface area (Å²) < 4.78 is 5.12. The molecule has 0 radical (unpaired) electrons. The van der Waals surface area contributed by atoms with Gasteiger partial charge in [-0.2, -0.15) is 0 Å². The molecule has 0 bridgehead atoms. The SMILES string of the molecule is CCC1(C)CCN(C(=O)c2cc(OC)ccc2O)CC1. The molecule has 4 nitrogen and oxygen atoms in total. The molecule has 0 aliphatic carbocycles. The van der Waals surface area contributed by atoms with Crippen LogP contribution in [0.1, 0.15) is 43.5 Å². The zero-order chi connectivity index (χ0) is 14.8. The van der Waals surface area contributed by atoms with Crippen LogP contribution in [-0.2, 0) is 0 Å². The zero-order valence-corrected chi connectivity index (χ0v) is 12.5. The summed E-state index contributed by atoms with van der Waals surface area (Å²) in [6, 6.07) is 4.76. The Bertz CT molecular complexity index is 490. The van der Waals surface area contributed by atoms with Gasteiger partial charge >= 0.3 is 0 Å². The van der Waals surface area contributed by atoms with Gasteiger partial charge in [-0.15, -0.1) is 0 Å². The molecule has 1 aromatic rings. The van der Waals surface area contributed by atoms with Crippen LogP contribution >= 0.6 is 0 Å². The molecule has 0 atom stereocenters. The van der Waals surface area contributed by atoms with Crippen molar-refractivity contribution >= 4 is 5.91 Å². The summed E-state index contributed by atoms with van der Waals surface area (Å²) in [6.45, 7) is 5.98. The van der Waals surface area contributed by atoms with Crippen LogP contribution in [-0.4, -0.2) is 36.1 Å². The third kappa shape index (κ3) is 2.89. The number of methoxy groups -OCH3 is 1. The van der Waals surface area contributed by atoms with Crippen molar-refractivity contribution in [2.75, 3.05) is 20.2 Å². The first-order valence-corrected chi connectivity index (χ1v) is 7.15. The van der Waals surface area contributed by atoms with Crippen molar-refractivity contribution in [2.45, 2.75) is 33.1 Å². The molecule has 110 valence electrons. The van der Waals surface area contributed by atoms with Crippen LogP contribution in [0, 0.1) is 5.41 Å². The Morgan fingerprint density at radius 1 is 1.40 bits per heavy atom. The fraction of sp³-hybridized carbons (Fsp3) is 0.562. The Kier molecular flexibility index (Phi) is 4.21. The zero-order valence-electron chi connectivity index (χ0n) is 12.5. The van der Waals surface area contributed by atoms with Crippen molar-refractivity contribution in [2.24, 2.45) is 5.41 Å². The molecule has 1 aromatic carbocycles. The number of phenols is 1. The molecule has 20 heavy (non-hydrogen) atoms. The first kappa shape index (κ1) is 14.7. The van der Waals surface area contributed by atoms with Crippen molar-refractivity contribution in [3.8, 4) is 11.5 Å². The number of aromatic hydroxyl groups is 1. The van der Waals surface area contributed by atoms with E-state index in [0.717, 1.165) is 32.4 Å². The highest BCUT2D eigenvalue weighted by atomic mass is 16.5. The Labute approximate surface area is 120 Å². The summed E-state index contributed by atoms with van der Waals surface area (Å²) in [4.78, 5) is 14.3. The number of likely N-dealkylation sites (tertiary alicyclic amines) is 1. The Morgan fingerprint density at radius 2 is 2.05 bits per heavy atom. The number of amides is 1. The van der Waals surface area contributed by atoms with Gasteiger partial charge in [0.05, 0.1) is 12.7 Å². The second kappa shape index (κ2) is 5.73. The number of carbonyl (C=O) groups excluding carboxylic acids is 1. The largest absolute Gasteiger partial charge is 0.507 e. The molecule has 4 heteroatoms. The lowest BCUT2D eigenvalue weighted by Crippen LogP contribution is -2.41. The van der Waals surface area contributed by atoms with Gasteiger partial charge in [0.2, 0.25) is 0 Å². The molecule has 1 N–H and O–H groups in total. The third-order valence-corrected chi connectivity index (χ3v) is 4.55. The number of benzene rings is 1. The van der Waals surface area contributed by atoms with Gasteiger partial charge in [0, 0.05) is 13.1 Å². The van der Waals surface area contributed by atoms with Crippen molar-refractivity contribution in [1.29, 1.82) is 0 Å². The van der Waals surface area contributed by atoms with Gasteiger partial charge in [-0.3, -0.25) is 4.79 Å². The lowest BCUT2D eigenvalue weighted by Gasteiger charge is -2.39. The van der Waals surface area contributed by atoms with E-state index in [2.05, 4.69) is 13.8 Å². The van der Waals surface area contributed by atoms with Gasteiger partial charge < -0.3 is 14.7 Å². The Balaban J connectivity index is 2.13. The van der Waals surface area contributed by atoms with Gasteiger partial charge in [-0.25, -0.2) is 0 Å². The number of hydrogen-bond acceptors (Lipinski definition) is 3. The normalized spacial score (nSPS) is 17.9. The van der Waals surface area contributed by atoms with Crippen LogP contribution < -0.4 is 4.74 Å². The van der Waals surface area contributed by atoms with E-state index in [-0.39, 0.29) is 11.7 Å². The second-order valence-electron chi connectivity index (χ2n) is 5.84. The maximum Gasteiger partial charge on any atom is 0.257 e.